The predicted octanol–water partition coefficient (Wildman–Crippen LogP) is 0.865. The summed E-state index contributed by atoms with van der Waals surface area (Å²) in [6.07, 6.45) is -0.777. The van der Waals surface area contributed by atoms with Crippen LogP contribution in [0.2, 0.25) is 0 Å². The lowest BCUT2D eigenvalue weighted by atomic mass is 9.77. The maximum atomic E-state index is 12.2. The van der Waals surface area contributed by atoms with Crippen molar-refractivity contribution in [1.29, 1.82) is 0 Å². The number of carboxylic acids is 1. The van der Waals surface area contributed by atoms with Gasteiger partial charge in [0.1, 0.15) is 6.04 Å². The summed E-state index contributed by atoms with van der Waals surface area (Å²) < 4.78 is 24.3. The van der Waals surface area contributed by atoms with E-state index >= 15 is 0 Å². The minimum Gasteiger partial charge on any atom is -0.480 e. The largest absolute Gasteiger partial charge is 0.480 e. The van der Waals surface area contributed by atoms with Crippen molar-refractivity contribution < 1.29 is 18.7 Å². The molecule has 0 amide bonds. The molecule has 1 aliphatic rings. The quantitative estimate of drug-likeness (QED) is 0.697. The van der Waals surface area contributed by atoms with E-state index in [0.29, 0.717) is 0 Å². The second kappa shape index (κ2) is 3.53. The van der Waals surface area contributed by atoms with Gasteiger partial charge in [-0.1, -0.05) is 0 Å². The number of hydrogen-bond donors (Lipinski definition) is 2. The Morgan fingerprint density at radius 1 is 1.58 bits per heavy atom. The van der Waals surface area contributed by atoms with Crippen LogP contribution in [-0.4, -0.2) is 23.0 Å². The number of aliphatic carboxylic acids is 1. The normalized spacial score (nSPS) is 23.6. The Hall–Kier alpha value is -0.420. The summed E-state index contributed by atoms with van der Waals surface area (Å²) >= 11 is 0. The molecule has 1 aliphatic carbocycles. The van der Waals surface area contributed by atoms with Gasteiger partial charge in [0, 0.05) is 12.8 Å². The predicted molar refractivity (Wildman–Crippen MR) is 40.5 cm³/mol. The van der Waals surface area contributed by atoms with Gasteiger partial charge < -0.3 is 10.8 Å². The monoisotopic (exact) mass is 201 g/mol. The van der Waals surface area contributed by atoms with Crippen LogP contribution in [0.3, 0.4) is 0 Å². The van der Waals surface area contributed by atoms with Crippen LogP contribution in [0.1, 0.15) is 12.8 Å². The van der Waals surface area contributed by atoms with Gasteiger partial charge in [-0.25, -0.2) is 8.78 Å². The van der Waals surface area contributed by atoms with E-state index in [0.717, 1.165) is 0 Å². The molecular weight excluding hydrogens is 192 g/mol. The van der Waals surface area contributed by atoms with E-state index in [1.54, 1.807) is 0 Å². The Balaban J connectivity index is 0.00000121. The second-order valence-corrected chi connectivity index (χ2v) is 2.89. The lowest BCUT2D eigenvalue weighted by Gasteiger charge is -2.36. The molecular formula is C6H10ClF2NO2. The summed E-state index contributed by atoms with van der Waals surface area (Å²) in [5, 5.41) is 8.32. The number of carboxylic acid groups (broad SMARTS) is 1. The third-order valence-electron chi connectivity index (χ3n) is 1.91. The van der Waals surface area contributed by atoms with Crippen LogP contribution >= 0.6 is 12.4 Å². The van der Waals surface area contributed by atoms with Gasteiger partial charge in [0.25, 0.3) is 0 Å². The third kappa shape index (κ3) is 2.28. The van der Waals surface area contributed by atoms with Crippen LogP contribution < -0.4 is 5.73 Å². The fourth-order valence-corrected chi connectivity index (χ4v) is 1.16. The Morgan fingerprint density at radius 3 is 2.25 bits per heavy atom. The van der Waals surface area contributed by atoms with Crippen molar-refractivity contribution in [3.8, 4) is 0 Å². The zero-order valence-electron chi connectivity index (χ0n) is 6.17. The van der Waals surface area contributed by atoms with E-state index in [1.807, 2.05) is 0 Å². The third-order valence-corrected chi connectivity index (χ3v) is 1.91. The SMILES string of the molecule is Cl.N[C@H](C(=O)O)C1CC(F)(F)C1. The number of carbonyl (C=O) groups is 1. The summed E-state index contributed by atoms with van der Waals surface area (Å²) in [5.41, 5.74) is 5.11. The summed E-state index contributed by atoms with van der Waals surface area (Å²) in [6, 6.07) is -1.13. The molecule has 72 valence electrons. The Morgan fingerprint density at radius 2 is 2.00 bits per heavy atom. The molecule has 6 heteroatoms. The number of nitrogens with two attached hydrogens (primary N) is 1. The maximum Gasteiger partial charge on any atom is 0.320 e. The maximum absolute atomic E-state index is 12.2. The van der Waals surface area contributed by atoms with Gasteiger partial charge >= 0.3 is 5.97 Å². The van der Waals surface area contributed by atoms with Crippen molar-refractivity contribution >= 4 is 18.4 Å². The molecule has 0 aromatic rings. The molecule has 1 fully saturated rings. The Labute approximate surface area is 74.3 Å². The molecule has 1 saturated carbocycles. The fourth-order valence-electron chi connectivity index (χ4n) is 1.16. The van der Waals surface area contributed by atoms with Gasteiger partial charge in [0.05, 0.1) is 0 Å². The van der Waals surface area contributed by atoms with E-state index in [4.69, 9.17) is 10.8 Å². The highest BCUT2D eigenvalue weighted by Crippen LogP contribution is 2.43. The molecule has 1 atom stereocenters. The lowest BCUT2D eigenvalue weighted by molar-refractivity contribution is -0.150. The standard InChI is InChI=1S/C6H9F2NO2.ClH/c7-6(8)1-3(2-6)4(9)5(10)11;/h3-4H,1-2,9H2,(H,10,11);1H/t4-;/m0./s1. The number of hydrogen-bond acceptors (Lipinski definition) is 2. The van der Waals surface area contributed by atoms with E-state index in [1.165, 1.54) is 0 Å². The summed E-state index contributed by atoms with van der Waals surface area (Å²) in [7, 11) is 0. The molecule has 12 heavy (non-hydrogen) atoms. The molecule has 0 radical (unpaired) electrons. The van der Waals surface area contributed by atoms with Crippen molar-refractivity contribution in [2.45, 2.75) is 24.8 Å². The first-order chi connectivity index (χ1) is 4.92. The zero-order chi connectivity index (χ0) is 8.65. The van der Waals surface area contributed by atoms with E-state index in [-0.39, 0.29) is 25.2 Å². The van der Waals surface area contributed by atoms with Crippen LogP contribution in [0, 0.1) is 5.92 Å². The highest BCUT2D eigenvalue weighted by Gasteiger charge is 2.49. The molecule has 0 aromatic carbocycles. The van der Waals surface area contributed by atoms with Crippen molar-refractivity contribution in [3.63, 3.8) is 0 Å². The molecule has 0 heterocycles. The summed E-state index contributed by atoms with van der Waals surface area (Å²) in [6.45, 7) is 0. The van der Waals surface area contributed by atoms with Crippen LogP contribution in [0.25, 0.3) is 0 Å². The van der Waals surface area contributed by atoms with Crippen molar-refractivity contribution in [1.82, 2.24) is 0 Å². The van der Waals surface area contributed by atoms with Gasteiger partial charge in [0.2, 0.25) is 5.92 Å². The average molecular weight is 202 g/mol. The van der Waals surface area contributed by atoms with E-state index < -0.39 is 23.9 Å². The van der Waals surface area contributed by atoms with Gasteiger partial charge in [-0.15, -0.1) is 12.4 Å². The van der Waals surface area contributed by atoms with Gasteiger partial charge in [-0.05, 0) is 5.92 Å². The lowest BCUT2D eigenvalue weighted by Crippen LogP contribution is -2.49. The van der Waals surface area contributed by atoms with Crippen LogP contribution in [-0.2, 0) is 4.79 Å². The summed E-state index contributed by atoms with van der Waals surface area (Å²) in [5.74, 6) is -4.44. The number of halogens is 3. The van der Waals surface area contributed by atoms with Gasteiger partial charge in [-0.2, -0.15) is 0 Å². The highest BCUT2D eigenvalue weighted by molar-refractivity contribution is 5.85. The second-order valence-electron chi connectivity index (χ2n) is 2.89. The minimum atomic E-state index is -2.68. The molecule has 0 aliphatic heterocycles. The summed E-state index contributed by atoms with van der Waals surface area (Å²) in [4.78, 5) is 10.2. The van der Waals surface area contributed by atoms with Crippen molar-refractivity contribution in [2.24, 2.45) is 11.7 Å². The van der Waals surface area contributed by atoms with Gasteiger partial charge in [0.15, 0.2) is 0 Å². The van der Waals surface area contributed by atoms with Crippen LogP contribution in [0.4, 0.5) is 8.78 Å². The molecule has 0 spiro atoms. The van der Waals surface area contributed by atoms with Crippen LogP contribution in [0.5, 0.6) is 0 Å². The number of rotatable bonds is 2. The molecule has 0 saturated heterocycles. The zero-order valence-corrected chi connectivity index (χ0v) is 6.98. The van der Waals surface area contributed by atoms with Crippen LogP contribution in [0.15, 0.2) is 0 Å². The molecule has 0 bridgehead atoms. The minimum absolute atomic E-state index is 0. The molecule has 1 rings (SSSR count). The Kier molecular flexibility index (Phi) is 3.41. The smallest absolute Gasteiger partial charge is 0.320 e. The fraction of sp³-hybridized carbons (Fsp3) is 0.833. The molecule has 3 nitrogen and oxygen atoms in total. The number of alkyl halides is 2. The van der Waals surface area contributed by atoms with Gasteiger partial charge in [-0.3, -0.25) is 4.79 Å². The Bertz CT molecular complexity index is 180. The molecule has 3 N–H and O–H groups in total. The first-order valence-corrected chi connectivity index (χ1v) is 3.28. The molecule has 0 unspecified atom stereocenters. The highest BCUT2D eigenvalue weighted by atomic mass is 35.5. The first-order valence-electron chi connectivity index (χ1n) is 3.28. The average Bonchev–Trinajstić information content (AvgIpc) is 1.80. The van der Waals surface area contributed by atoms with E-state index in [2.05, 4.69) is 0 Å². The first kappa shape index (κ1) is 11.6. The molecule has 0 aromatic heterocycles. The topological polar surface area (TPSA) is 63.3 Å². The van der Waals surface area contributed by atoms with Crippen molar-refractivity contribution in [3.05, 3.63) is 0 Å². The van der Waals surface area contributed by atoms with Crippen molar-refractivity contribution in [2.75, 3.05) is 0 Å². The van der Waals surface area contributed by atoms with E-state index in [9.17, 15) is 13.6 Å².